The Balaban J connectivity index is 1.35. The van der Waals surface area contributed by atoms with E-state index >= 15 is 0 Å². The molecule has 2 aliphatic rings. The molecule has 3 heterocycles. The Hall–Kier alpha value is -2.28. The summed E-state index contributed by atoms with van der Waals surface area (Å²) >= 11 is 1.93. The standard InChI is InChI=1S/C20H24N4O2S/c25-20(24-10-12-27-13-11-24)16-6-8-23(9-7-16)18-14-19(22-15-21-18)26-17-4-2-1-3-5-17/h1-5,14-16H,6-13H2. The predicted octanol–water partition coefficient (Wildman–Crippen LogP) is 3.06. The zero-order chi connectivity index (χ0) is 18.5. The van der Waals surface area contributed by atoms with Crippen LogP contribution in [-0.2, 0) is 4.79 Å². The molecule has 2 aromatic rings. The Morgan fingerprint density at radius 3 is 2.52 bits per heavy atom. The highest BCUT2D eigenvalue weighted by Gasteiger charge is 2.29. The first kappa shape index (κ1) is 18.1. The highest BCUT2D eigenvalue weighted by Crippen LogP contribution is 2.27. The maximum atomic E-state index is 12.7. The second kappa shape index (κ2) is 8.61. The minimum Gasteiger partial charge on any atom is -0.439 e. The fraction of sp³-hybridized carbons (Fsp3) is 0.450. The predicted molar refractivity (Wildman–Crippen MR) is 107 cm³/mol. The van der Waals surface area contributed by atoms with Gasteiger partial charge in [-0.2, -0.15) is 11.8 Å². The molecule has 1 aromatic carbocycles. The Kier molecular flexibility index (Phi) is 5.77. The first-order valence-corrected chi connectivity index (χ1v) is 10.6. The summed E-state index contributed by atoms with van der Waals surface area (Å²) in [6.45, 7) is 3.47. The number of carbonyl (C=O) groups excluding carboxylic acids is 1. The van der Waals surface area contributed by atoms with Gasteiger partial charge in [-0.3, -0.25) is 4.79 Å². The van der Waals surface area contributed by atoms with E-state index < -0.39 is 0 Å². The molecule has 0 saturated carbocycles. The van der Waals surface area contributed by atoms with Crippen LogP contribution in [0.3, 0.4) is 0 Å². The van der Waals surface area contributed by atoms with E-state index in [0.717, 1.165) is 62.1 Å². The molecule has 2 fully saturated rings. The number of hydrogen-bond acceptors (Lipinski definition) is 6. The van der Waals surface area contributed by atoms with Crippen molar-refractivity contribution in [2.75, 3.05) is 42.6 Å². The van der Waals surface area contributed by atoms with Crippen LogP contribution in [0.1, 0.15) is 12.8 Å². The zero-order valence-corrected chi connectivity index (χ0v) is 16.1. The molecule has 0 bridgehead atoms. The number of carbonyl (C=O) groups is 1. The largest absolute Gasteiger partial charge is 0.439 e. The number of thioether (sulfide) groups is 1. The van der Waals surface area contributed by atoms with E-state index in [1.54, 1.807) is 0 Å². The fourth-order valence-corrected chi connectivity index (χ4v) is 4.47. The van der Waals surface area contributed by atoms with Gasteiger partial charge in [-0.05, 0) is 25.0 Å². The van der Waals surface area contributed by atoms with Crippen LogP contribution < -0.4 is 9.64 Å². The molecule has 0 atom stereocenters. The van der Waals surface area contributed by atoms with Crippen molar-refractivity contribution >= 4 is 23.5 Å². The Labute approximate surface area is 163 Å². The second-order valence-electron chi connectivity index (χ2n) is 6.83. The third kappa shape index (κ3) is 4.53. The van der Waals surface area contributed by atoms with Gasteiger partial charge in [0.05, 0.1) is 0 Å². The van der Waals surface area contributed by atoms with Gasteiger partial charge >= 0.3 is 0 Å². The van der Waals surface area contributed by atoms with E-state index in [2.05, 4.69) is 14.9 Å². The number of amides is 1. The quantitative estimate of drug-likeness (QED) is 0.808. The van der Waals surface area contributed by atoms with Crippen molar-refractivity contribution < 1.29 is 9.53 Å². The van der Waals surface area contributed by atoms with E-state index in [9.17, 15) is 4.79 Å². The molecule has 2 saturated heterocycles. The van der Waals surface area contributed by atoms with E-state index in [1.807, 2.05) is 53.1 Å². The van der Waals surface area contributed by atoms with Gasteiger partial charge in [0.2, 0.25) is 11.8 Å². The van der Waals surface area contributed by atoms with Gasteiger partial charge in [0.25, 0.3) is 0 Å². The summed E-state index contributed by atoms with van der Waals surface area (Å²) in [6.07, 6.45) is 3.29. The van der Waals surface area contributed by atoms with Crippen LogP contribution in [0.25, 0.3) is 0 Å². The Bertz CT molecular complexity index is 760. The molecular formula is C20H24N4O2S. The van der Waals surface area contributed by atoms with Crippen LogP contribution in [0, 0.1) is 5.92 Å². The van der Waals surface area contributed by atoms with Crippen LogP contribution in [0.2, 0.25) is 0 Å². The van der Waals surface area contributed by atoms with Gasteiger partial charge in [-0.15, -0.1) is 0 Å². The number of nitrogens with zero attached hydrogens (tertiary/aromatic N) is 4. The number of aromatic nitrogens is 2. The summed E-state index contributed by atoms with van der Waals surface area (Å²) < 4.78 is 5.81. The lowest BCUT2D eigenvalue weighted by atomic mass is 9.95. The molecule has 142 valence electrons. The average Bonchev–Trinajstić information content (AvgIpc) is 2.75. The highest BCUT2D eigenvalue weighted by molar-refractivity contribution is 7.99. The van der Waals surface area contributed by atoms with E-state index in [-0.39, 0.29) is 5.92 Å². The molecule has 7 heteroatoms. The number of hydrogen-bond donors (Lipinski definition) is 0. The van der Waals surface area contributed by atoms with Crippen LogP contribution in [0.15, 0.2) is 42.7 Å². The summed E-state index contributed by atoms with van der Waals surface area (Å²) in [4.78, 5) is 25.6. The van der Waals surface area contributed by atoms with E-state index in [1.165, 1.54) is 6.33 Å². The molecule has 0 radical (unpaired) electrons. The molecule has 4 rings (SSSR count). The number of ether oxygens (including phenoxy) is 1. The SMILES string of the molecule is O=C(C1CCN(c2cc(Oc3ccccc3)ncn2)CC1)N1CCSCC1. The lowest BCUT2D eigenvalue weighted by molar-refractivity contribution is -0.135. The molecular weight excluding hydrogens is 360 g/mol. The molecule has 6 nitrogen and oxygen atoms in total. The molecule has 0 spiro atoms. The van der Waals surface area contributed by atoms with Gasteiger partial charge in [-0.1, -0.05) is 18.2 Å². The smallest absolute Gasteiger partial charge is 0.225 e. The highest BCUT2D eigenvalue weighted by atomic mass is 32.2. The van der Waals surface area contributed by atoms with Crippen molar-refractivity contribution in [1.82, 2.24) is 14.9 Å². The molecule has 1 amide bonds. The van der Waals surface area contributed by atoms with Crippen molar-refractivity contribution in [1.29, 1.82) is 0 Å². The molecule has 0 N–H and O–H groups in total. The minimum absolute atomic E-state index is 0.145. The van der Waals surface area contributed by atoms with Crippen LogP contribution in [0.5, 0.6) is 11.6 Å². The maximum absolute atomic E-state index is 12.7. The number of anilines is 1. The summed E-state index contributed by atoms with van der Waals surface area (Å²) in [5, 5.41) is 0. The van der Waals surface area contributed by atoms with Crippen molar-refractivity contribution in [3.63, 3.8) is 0 Å². The number of benzene rings is 1. The molecule has 27 heavy (non-hydrogen) atoms. The summed E-state index contributed by atoms with van der Waals surface area (Å²) in [5.74, 6) is 4.76. The maximum Gasteiger partial charge on any atom is 0.225 e. The van der Waals surface area contributed by atoms with Crippen molar-refractivity contribution in [3.8, 4) is 11.6 Å². The van der Waals surface area contributed by atoms with Gasteiger partial charge < -0.3 is 14.5 Å². The summed E-state index contributed by atoms with van der Waals surface area (Å²) in [7, 11) is 0. The lowest BCUT2D eigenvalue weighted by Crippen LogP contribution is -2.45. The topological polar surface area (TPSA) is 58.6 Å². The van der Waals surface area contributed by atoms with E-state index in [4.69, 9.17) is 4.74 Å². The Morgan fingerprint density at radius 2 is 1.78 bits per heavy atom. The number of piperidine rings is 1. The Morgan fingerprint density at radius 1 is 1.04 bits per heavy atom. The van der Waals surface area contributed by atoms with Gasteiger partial charge in [0.1, 0.15) is 17.9 Å². The zero-order valence-electron chi connectivity index (χ0n) is 15.3. The van der Waals surface area contributed by atoms with Crippen molar-refractivity contribution in [2.45, 2.75) is 12.8 Å². The molecule has 1 aromatic heterocycles. The van der Waals surface area contributed by atoms with Gasteiger partial charge in [0.15, 0.2) is 0 Å². The summed E-state index contributed by atoms with van der Waals surface area (Å²) in [5.41, 5.74) is 0. The van der Waals surface area contributed by atoms with Gasteiger partial charge in [-0.25, -0.2) is 9.97 Å². The molecule has 0 unspecified atom stereocenters. The molecule has 0 aliphatic carbocycles. The van der Waals surface area contributed by atoms with Crippen LogP contribution >= 0.6 is 11.8 Å². The normalized spacial score (nSPS) is 18.4. The lowest BCUT2D eigenvalue weighted by Gasteiger charge is -2.35. The third-order valence-electron chi connectivity index (χ3n) is 5.08. The second-order valence-corrected chi connectivity index (χ2v) is 8.05. The average molecular weight is 385 g/mol. The van der Waals surface area contributed by atoms with E-state index in [0.29, 0.717) is 11.8 Å². The minimum atomic E-state index is 0.145. The first-order chi connectivity index (χ1) is 13.3. The fourth-order valence-electron chi connectivity index (χ4n) is 3.57. The van der Waals surface area contributed by atoms with Crippen LogP contribution in [0.4, 0.5) is 5.82 Å². The molecule has 2 aliphatic heterocycles. The number of rotatable bonds is 4. The third-order valence-corrected chi connectivity index (χ3v) is 6.03. The number of para-hydroxylation sites is 1. The van der Waals surface area contributed by atoms with Crippen molar-refractivity contribution in [3.05, 3.63) is 42.7 Å². The monoisotopic (exact) mass is 384 g/mol. The first-order valence-electron chi connectivity index (χ1n) is 9.46. The van der Waals surface area contributed by atoms with Gasteiger partial charge in [0, 0.05) is 49.7 Å². The van der Waals surface area contributed by atoms with Crippen LogP contribution in [-0.4, -0.2) is 58.5 Å². The summed E-state index contributed by atoms with van der Waals surface area (Å²) in [6, 6.07) is 11.5. The van der Waals surface area contributed by atoms with Crippen molar-refractivity contribution in [2.24, 2.45) is 5.92 Å².